The zero-order valence-corrected chi connectivity index (χ0v) is 15.0. The Morgan fingerprint density at radius 1 is 1.29 bits per heavy atom. The summed E-state index contributed by atoms with van der Waals surface area (Å²) in [5, 5.41) is 0. The van der Waals surface area contributed by atoms with Crippen LogP contribution in [0.25, 0.3) is 0 Å². The molecule has 1 aliphatic rings. The molecule has 0 N–H and O–H groups in total. The fraction of sp³-hybridized carbons (Fsp3) is 0.312. The van der Waals surface area contributed by atoms with E-state index in [0.29, 0.717) is 16.9 Å². The number of rotatable bonds is 4. The van der Waals surface area contributed by atoms with Gasteiger partial charge in [0.2, 0.25) is 0 Å². The smallest absolute Gasteiger partial charge is 0.257 e. The van der Waals surface area contributed by atoms with Gasteiger partial charge in [0.25, 0.3) is 5.91 Å². The molecule has 0 unspecified atom stereocenters. The Hall–Kier alpha value is -1.67. The van der Waals surface area contributed by atoms with Crippen molar-refractivity contribution in [2.75, 3.05) is 11.5 Å². The molecule has 1 atom stereocenters. The first-order chi connectivity index (χ1) is 11.4. The van der Waals surface area contributed by atoms with Crippen LogP contribution in [0.1, 0.15) is 22.5 Å². The highest BCUT2D eigenvalue weighted by molar-refractivity contribution is 9.10. The average molecular weight is 416 g/mol. The van der Waals surface area contributed by atoms with E-state index in [2.05, 4.69) is 15.9 Å². The quantitative estimate of drug-likeness (QED) is 0.769. The highest BCUT2D eigenvalue weighted by atomic mass is 79.9. The molecule has 1 aromatic carbocycles. The number of sulfone groups is 1. The van der Waals surface area contributed by atoms with Gasteiger partial charge in [-0.15, -0.1) is 0 Å². The van der Waals surface area contributed by atoms with E-state index in [-0.39, 0.29) is 23.6 Å². The summed E-state index contributed by atoms with van der Waals surface area (Å²) in [5.41, 5.74) is -0.0765. The molecule has 3 rings (SSSR count). The average Bonchev–Trinajstić information content (AvgIpc) is 3.10. The van der Waals surface area contributed by atoms with Crippen LogP contribution in [-0.2, 0) is 16.4 Å². The number of hydrogen-bond acceptors (Lipinski definition) is 4. The fourth-order valence-corrected chi connectivity index (χ4v) is 4.85. The van der Waals surface area contributed by atoms with E-state index in [4.69, 9.17) is 4.42 Å². The molecule has 1 aromatic heterocycles. The molecule has 5 nitrogen and oxygen atoms in total. The van der Waals surface area contributed by atoms with Gasteiger partial charge in [0.1, 0.15) is 11.6 Å². The van der Waals surface area contributed by atoms with Crippen molar-refractivity contribution < 1.29 is 22.0 Å². The van der Waals surface area contributed by atoms with Gasteiger partial charge < -0.3 is 9.32 Å². The molecule has 24 heavy (non-hydrogen) atoms. The van der Waals surface area contributed by atoms with E-state index in [1.54, 1.807) is 18.2 Å². The maximum absolute atomic E-state index is 14.0. The van der Waals surface area contributed by atoms with Crippen molar-refractivity contribution in [2.24, 2.45) is 0 Å². The Morgan fingerprint density at radius 2 is 2.04 bits per heavy atom. The number of benzene rings is 1. The highest BCUT2D eigenvalue weighted by Gasteiger charge is 2.36. The van der Waals surface area contributed by atoms with E-state index >= 15 is 0 Å². The number of carbonyl (C=O) groups is 1. The van der Waals surface area contributed by atoms with E-state index < -0.39 is 27.6 Å². The van der Waals surface area contributed by atoms with E-state index in [0.717, 1.165) is 0 Å². The zero-order valence-electron chi connectivity index (χ0n) is 12.6. The topological polar surface area (TPSA) is 67.6 Å². The van der Waals surface area contributed by atoms with E-state index in [9.17, 15) is 17.6 Å². The normalized spacial score (nSPS) is 19.3. The summed E-state index contributed by atoms with van der Waals surface area (Å²) in [6.45, 7) is 0.0823. The minimum absolute atomic E-state index is 0.0283. The van der Waals surface area contributed by atoms with Crippen LogP contribution < -0.4 is 0 Å². The molecule has 1 saturated heterocycles. The lowest BCUT2D eigenvalue weighted by Crippen LogP contribution is -2.40. The van der Waals surface area contributed by atoms with Gasteiger partial charge >= 0.3 is 0 Å². The summed E-state index contributed by atoms with van der Waals surface area (Å²) < 4.78 is 43.5. The first kappa shape index (κ1) is 17.2. The monoisotopic (exact) mass is 415 g/mol. The van der Waals surface area contributed by atoms with E-state index in [1.165, 1.54) is 23.1 Å². The van der Waals surface area contributed by atoms with Crippen LogP contribution >= 0.6 is 15.9 Å². The molecule has 1 fully saturated rings. The number of carbonyl (C=O) groups excluding carboxylic acids is 1. The van der Waals surface area contributed by atoms with Gasteiger partial charge in [0, 0.05) is 6.04 Å². The van der Waals surface area contributed by atoms with Crippen LogP contribution in [0.3, 0.4) is 0 Å². The lowest BCUT2D eigenvalue weighted by Gasteiger charge is -2.27. The van der Waals surface area contributed by atoms with Crippen LogP contribution in [-0.4, -0.2) is 36.8 Å². The van der Waals surface area contributed by atoms with Crippen LogP contribution in [0.15, 0.2) is 45.5 Å². The summed E-state index contributed by atoms with van der Waals surface area (Å²) in [4.78, 5) is 14.2. The number of halogens is 2. The molecule has 128 valence electrons. The lowest BCUT2D eigenvalue weighted by molar-refractivity contribution is 0.0660. The van der Waals surface area contributed by atoms with Crippen LogP contribution in [0.5, 0.6) is 0 Å². The molecule has 0 aliphatic carbocycles. The SMILES string of the molecule is O=C(c1ccccc1F)N(Cc1ccc(Br)o1)[C@@H]1CCS(=O)(=O)C1. The lowest BCUT2D eigenvalue weighted by atomic mass is 10.1. The molecule has 0 saturated carbocycles. The molecular weight excluding hydrogens is 401 g/mol. The Bertz CT molecular complexity index is 864. The molecule has 0 radical (unpaired) electrons. The Kier molecular flexibility index (Phi) is 4.78. The minimum Gasteiger partial charge on any atom is -0.452 e. The summed E-state index contributed by atoms with van der Waals surface area (Å²) >= 11 is 3.19. The highest BCUT2D eigenvalue weighted by Crippen LogP contribution is 2.24. The predicted octanol–water partition coefficient (Wildman–Crippen LogP) is 3.01. The largest absolute Gasteiger partial charge is 0.452 e. The Morgan fingerprint density at radius 3 is 2.62 bits per heavy atom. The number of nitrogens with zero attached hydrogens (tertiary/aromatic N) is 1. The van der Waals surface area contributed by atoms with Gasteiger partial charge in [-0.3, -0.25) is 4.79 Å². The first-order valence-electron chi connectivity index (χ1n) is 7.36. The number of hydrogen-bond donors (Lipinski definition) is 0. The van der Waals surface area contributed by atoms with Gasteiger partial charge in [0.05, 0.1) is 23.6 Å². The summed E-state index contributed by atoms with van der Waals surface area (Å²) in [7, 11) is -3.18. The van der Waals surface area contributed by atoms with Gasteiger partial charge in [-0.05, 0) is 46.6 Å². The van der Waals surface area contributed by atoms with E-state index in [1.807, 2.05) is 0 Å². The summed E-state index contributed by atoms with van der Waals surface area (Å²) in [6, 6.07) is 8.56. The standard InChI is InChI=1S/C16H15BrFNO4S/c17-15-6-5-12(23-15)9-19(11-7-8-24(21,22)10-11)16(20)13-3-1-2-4-14(13)18/h1-6,11H,7-10H2/t11-/m1/s1. The number of amides is 1. The fourth-order valence-electron chi connectivity index (χ4n) is 2.78. The van der Waals surface area contributed by atoms with Crippen LogP contribution in [0.4, 0.5) is 4.39 Å². The van der Waals surface area contributed by atoms with Crippen molar-refractivity contribution in [1.82, 2.24) is 4.90 Å². The molecule has 0 spiro atoms. The second-order valence-electron chi connectivity index (χ2n) is 5.68. The molecule has 1 aliphatic heterocycles. The van der Waals surface area contributed by atoms with Gasteiger partial charge in [0.15, 0.2) is 14.5 Å². The third kappa shape index (κ3) is 3.70. The van der Waals surface area contributed by atoms with Crippen LogP contribution in [0.2, 0.25) is 0 Å². The molecule has 1 amide bonds. The minimum atomic E-state index is -3.18. The second kappa shape index (κ2) is 6.68. The molecule has 2 aromatic rings. The first-order valence-corrected chi connectivity index (χ1v) is 9.97. The van der Waals surface area contributed by atoms with Gasteiger partial charge in [-0.2, -0.15) is 0 Å². The zero-order chi connectivity index (χ0) is 17.3. The molecule has 2 heterocycles. The van der Waals surface area contributed by atoms with Crippen molar-refractivity contribution in [3.63, 3.8) is 0 Å². The van der Waals surface area contributed by atoms with Gasteiger partial charge in [-0.1, -0.05) is 12.1 Å². The summed E-state index contributed by atoms with van der Waals surface area (Å²) in [6.07, 6.45) is 0.338. The van der Waals surface area contributed by atoms with Crippen molar-refractivity contribution >= 4 is 31.7 Å². The molecular formula is C16H15BrFNO4S. The summed E-state index contributed by atoms with van der Waals surface area (Å²) in [5.74, 6) is -0.761. The third-order valence-electron chi connectivity index (χ3n) is 3.97. The third-order valence-corrected chi connectivity index (χ3v) is 6.15. The second-order valence-corrected chi connectivity index (χ2v) is 8.69. The predicted molar refractivity (Wildman–Crippen MR) is 89.7 cm³/mol. The maximum Gasteiger partial charge on any atom is 0.257 e. The van der Waals surface area contributed by atoms with Gasteiger partial charge in [-0.25, -0.2) is 12.8 Å². The van der Waals surface area contributed by atoms with Crippen molar-refractivity contribution in [2.45, 2.75) is 19.0 Å². The Labute approximate surface area is 147 Å². The Balaban J connectivity index is 1.92. The molecule has 0 bridgehead atoms. The molecule has 8 heteroatoms. The van der Waals surface area contributed by atoms with Crippen molar-refractivity contribution in [3.05, 3.63) is 58.2 Å². The van der Waals surface area contributed by atoms with Crippen molar-refractivity contribution in [1.29, 1.82) is 0 Å². The van der Waals surface area contributed by atoms with Crippen LogP contribution in [0, 0.1) is 5.82 Å². The maximum atomic E-state index is 14.0. The number of furan rings is 1. The van der Waals surface area contributed by atoms with Crippen molar-refractivity contribution in [3.8, 4) is 0 Å².